The van der Waals surface area contributed by atoms with Crippen molar-refractivity contribution in [3.8, 4) is 22.8 Å². The van der Waals surface area contributed by atoms with Crippen LogP contribution < -0.4 is 20.5 Å². The van der Waals surface area contributed by atoms with Crippen molar-refractivity contribution in [2.75, 3.05) is 20.8 Å². The number of aryl methyl sites for hydroxylation is 1. The maximum atomic E-state index is 12.6. The van der Waals surface area contributed by atoms with Crippen LogP contribution in [0.25, 0.3) is 22.2 Å². The maximum Gasteiger partial charge on any atom is 0.266 e. The third kappa shape index (κ3) is 6.31. The second-order valence-corrected chi connectivity index (χ2v) is 11.3. The number of amides is 1. The molecule has 1 N–H and O–H groups in total. The van der Waals surface area contributed by atoms with E-state index in [9.17, 15) is 9.59 Å². The number of fused-ring (bicyclic) bond motifs is 1. The van der Waals surface area contributed by atoms with E-state index in [-0.39, 0.29) is 23.4 Å². The van der Waals surface area contributed by atoms with Gasteiger partial charge < -0.3 is 9.47 Å². The van der Waals surface area contributed by atoms with Gasteiger partial charge in [0.25, 0.3) is 5.56 Å². The summed E-state index contributed by atoms with van der Waals surface area (Å²) in [5.74, 6) is 2.08. The van der Waals surface area contributed by atoms with Gasteiger partial charge in [0.15, 0.2) is 0 Å². The molecule has 2 aromatic carbocycles. The Bertz CT molecular complexity index is 1600. The lowest BCUT2D eigenvalue weighted by Crippen LogP contribution is -2.49. The van der Waals surface area contributed by atoms with E-state index < -0.39 is 0 Å². The number of rotatable bonds is 10. The van der Waals surface area contributed by atoms with Crippen LogP contribution in [-0.2, 0) is 11.3 Å². The topological polar surface area (TPSA) is 98.6 Å². The zero-order chi connectivity index (χ0) is 29.8. The number of hydrogen-bond acceptors (Lipinski definition) is 7. The molecule has 0 radical (unpaired) electrons. The lowest BCUT2D eigenvalue weighted by atomic mass is 9.90. The Labute approximate surface area is 246 Å². The van der Waals surface area contributed by atoms with E-state index in [0.717, 1.165) is 52.0 Å². The summed E-state index contributed by atoms with van der Waals surface area (Å²) in [5, 5.41) is 7.52. The van der Waals surface area contributed by atoms with Gasteiger partial charge >= 0.3 is 0 Å². The van der Waals surface area contributed by atoms with Gasteiger partial charge in [-0.2, -0.15) is 5.10 Å². The molecule has 2 aromatic heterocycles. The van der Waals surface area contributed by atoms with Crippen molar-refractivity contribution < 1.29 is 14.3 Å². The number of carbonyl (C=O) groups is 1. The minimum absolute atomic E-state index is 0.0529. The van der Waals surface area contributed by atoms with E-state index >= 15 is 0 Å². The third-order valence-corrected chi connectivity index (χ3v) is 7.82. The van der Waals surface area contributed by atoms with Gasteiger partial charge in [0.1, 0.15) is 17.0 Å². The lowest BCUT2D eigenvalue weighted by Gasteiger charge is -2.37. The van der Waals surface area contributed by atoms with Crippen LogP contribution in [0.4, 0.5) is 0 Å². The molecule has 1 fully saturated rings. The minimum atomic E-state index is -0.133. The molecule has 220 valence electrons. The first-order chi connectivity index (χ1) is 20.2. The van der Waals surface area contributed by atoms with Crippen molar-refractivity contribution in [1.29, 1.82) is 0 Å². The average molecular weight is 570 g/mol. The number of hydrazine groups is 1. The molecule has 9 heteroatoms. The van der Waals surface area contributed by atoms with E-state index in [1.54, 1.807) is 19.2 Å². The minimum Gasteiger partial charge on any atom is -0.494 e. The Morgan fingerprint density at radius 3 is 2.50 bits per heavy atom. The quantitative estimate of drug-likeness (QED) is 0.252. The smallest absolute Gasteiger partial charge is 0.266 e. The van der Waals surface area contributed by atoms with Gasteiger partial charge in [-0.15, -0.1) is 0 Å². The monoisotopic (exact) mass is 569 g/mol. The van der Waals surface area contributed by atoms with Crippen LogP contribution in [0, 0.1) is 5.92 Å². The largest absolute Gasteiger partial charge is 0.494 e. The highest BCUT2D eigenvalue weighted by Crippen LogP contribution is 2.34. The number of ether oxygens (including phenoxy) is 2. The molecule has 1 aliphatic rings. The van der Waals surface area contributed by atoms with Crippen LogP contribution in [0.3, 0.4) is 0 Å². The molecule has 1 saturated heterocycles. The fraction of sp³-hybridized carbons (Fsp3) is 0.394. The number of nitrogens with one attached hydrogen (secondary N) is 1. The molecule has 5 rings (SSSR count). The second-order valence-electron chi connectivity index (χ2n) is 11.3. The summed E-state index contributed by atoms with van der Waals surface area (Å²) < 4.78 is 13.1. The lowest BCUT2D eigenvalue weighted by molar-refractivity contribution is -0.132. The zero-order valence-electron chi connectivity index (χ0n) is 25.0. The number of nitrogens with zero attached hydrogens (tertiary/aromatic N) is 4. The summed E-state index contributed by atoms with van der Waals surface area (Å²) in [6, 6.07) is 19.5. The molecule has 0 saturated carbocycles. The first-order valence-electron chi connectivity index (χ1n) is 14.6. The molecule has 0 spiro atoms. The van der Waals surface area contributed by atoms with Gasteiger partial charge in [0.05, 0.1) is 25.5 Å². The third-order valence-electron chi connectivity index (χ3n) is 7.82. The van der Waals surface area contributed by atoms with Crippen molar-refractivity contribution in [3.63, 3.8) is 0 Å². The first kappa shape index (κ1) is 29.3. The van der Waals surface area contributed by atoms with Crippen LogP contribution in [0.15, 0.2) is 65.5 Å². The number of aromatic nitrogens is 3. The summed E-state index contributed by atoms with van der Waals surface area (Å²) >= 11 is 0. The standard InChI is InChI=1S/C33H39N5O4/c1-21(2)27-14-12-26-25(13-16-29(41-5)32(26)34-27)28-15-17-31(40)38(35-28)18-6-7-19-42-24-10-8-23(9-11-24)33-22(3)20-30(39)36-37(33)4/h8-17,21-22,33H,6-7,18-20H2,1-5H3,(H,36,39). The molecule has 3 heterocycles. The van der Waals surface area contributed by atoms with Crippen LogP contribution in [0.1, 0.15) is 63.3 Å². The SMILES string of the molecule is COc1ccc(-c2ccc(=O)n(CCCCOc3ccc(C4C(C)CC(=O)NN4C)cc3)n2)c2ccc(C(C)C)nc12. The predicted octanol–water partition coefficient (Wildman–Crippen LogP) is 5.49. The first-order valence-corrected chi connectivity index (χ1v) is 14.6. The predicted molar refractivity (Wildman–Crippen MR) is 163 cm³/mol. The van der Waals surface area contributed by atoms with Gasteiger partial charge in [-0.05, 0) is 66.6 Å². The Balaban J connectivity index is 1.20. The van der Waals surface area contributed by atoms with Crippen molar-refractivity contribution >= 4 is 16.8 Å². The molecule has 0 aliphatic carbocycles. The molecule has 2 atom stereocenters. The number of carbonyl (C=O) groups excluding carboxylic acids is 1. The molecular formula is C33H39N5O4. The number of unbranched alkanes of at least 4 members (excludes halogenated alkanes) is 1. The van der Waals surface area contributed by atoms with Gasteiger partial charge in [0, 0.05) is 42.7 Å². The average Bonchev–Trinajstić information content (AvgIpc) is 2.97. The van der Waals surface area contributed by atoms with Gasteiger partial charge in [-0.3, -0.25) is 15.0 Å². The fourth-order valence-electron chi connectivity index (χ4n) is 5.63. The van der Waals surface area contributed by atoms with Crippen LogP contribution in [0.2, 0.25) is 0 Å². The zero-order valence-corrected chi connectivity index (χ0v) is 25.0. The van der Waals surface area contributed by atoms with E-state index in [2.05, 4.69) is 44.4 Å². The van der Waals surface area contributed by atoms with Crippen molar-refractivity contribution in [2.24, 2.45) is 5.92 Å². The van der Waals surface area contributed by atoms with E-state index in [4.69, 9.17) is 19.6 Å². The molecule has 1 aliphatic heterocycles. The Kier molecular flexibility index (Phi) is 8.87. The normalized spacial score (nSPS) is 17.4. The second kappa shape index (κ2) is 12.7. The Morgan fingerprint density at radius 1 is 1.00 bits per heavy atom. The summed E-state index contributed by atoms with van der Waals surface area (Å²) in [5.41, 5.74) is 7.32. The number of methoxy groups -OCH3 is 1. The van der Waals surface area contributed by atoms with Gasteiger partial charge in [-0.1, -0.05) is 39.0 Å². The highest BCUT2D eigenvalue weighted by atomic mass is 16.5. The van der Waals surface area contributed by atoms with Crippen molar-refractivity contribution in [2.45, 2.75) is 58.5 Å². The number of hydrogen-bond donors (Lipinski definition) is 1. The van der Waals surface area contributed by atoms with Crippen molar-refractivity contribution in [1.82, 2.24) is 25.2 Å². The molecular weight excluding hydrogens is 530 g/mol. The van der Waals surface area contributed by atoms with E-state index in [1.807, 2.05) is 42.4 Å². The van der Waals surface area contributed by atoms with E-state index in [0.29, 0.717) is 31.2 Å². The van der Waals surface area contributed by atoms with Crippen LogP contribution in [0.5, 0.6) is 11.5 Å². The maximum absolute atomic E-state index is 12.6. The van der Waals surface area contributed by atoms with Crippen molar-refractivity contribution in [3.05, 3.63) is 82.3 Å². The number of benzene rings is 2. The van der Waals surface area contributed by atoms with E-state index in [1.165, 1.54) is 4.68 Å². The number of pyridine rings is 1. The summed E-state index contributed by atoms with van der Waals surface area (Å²) in [6.07, 6.45) is 2.05. The van der Waals surface area contributed by atoms with Crippen LogP contribution in [-0.4, -0.2) is 46.4 Å². The molecule has 1 amide bonds. The fourth-order valence-corrected chi connectivity index (χ4v) is 5.63. The van der Waals surface area contributed by atoms with Gasteiger partial charge in [0.2, 0.25) is 5.91 Å². The molecule has 4 aromatic rings. The summed E-state index contributed by atoms with van der Waals surface area (Å²) in [4.78, 5) is 29.2. The summed E-state index contributed by atoms with van der Waals surface area (Å²) in [6.45, 7) is 7.36. The molecule has 9 nitrogen and oxygen atoms in total. The Hall–Kier alpha value is -4.24. The molecule has 42 heavy (non-hydrogen) atoms. The van der Waals surface area contributed by atoms with Crippen LogP contribution >= 0.6 is 0 Å². The summed E-state index contributed by atoms with van der Waals surface area (Å²) in [7, 11) is 3.55. The molecule has 0 bridgehead atoms. The molecule has 2 unspecified atom stereocenters. The highest BCUT2D eigenvalue weighted by molar-refractivity contribution is 5.97. The van der Waals surface area contributed by atoms with Gasteiger partial charge in [-0.25, -0.2) is 14.7 Å². The highest BCUT2D eigenvalue weighted by Gasteiger charge is 2.31. The Morgan fingerprint density at radius 2 is 1.79 bits per heavy atom.